The van der Waals surface area contributed by atoms with E-state index in [0.717, 1.165) is 17.5 Å². The van der Waals surface area contributed by atoms with E-state index in [1.165, 1.54) is 0 Å². The maximum absolute atomic E-state index is 11.7. The summed E-state index contributed by atoms with van der Waals surface area (Å²) >= 11 is 0. The van der Waals surface area contributed by atoms with Crippen molar-refractivity contribution in [3.63, 3.8) is 0 Å². The highest BCUT2D eigenvalue weighted by Gasteiger charge is 2.09. The van der Waals surface area contributed by atoms with Crippen molar-refractivity contribution < 1.29 is 0 Å². The molecular weight excluding hydrogens is 258 g/mol. The molecule has 0 bridgehead atoms. The van der Waals surface area contributed by atoms with Gasteiger partial charge in [-0.05, 0) is 24.6 Å². The Bertz CT molecular complexity index is 874. The van der Waals surface area contributed by atoms with Gasteiger partial charge in [0, 0.05) is 5.56 Å². The van der Waals surface area contributed by atoms with E-state index in [9.17, 15) is 9.59 Å². The molecule has 7 heteroatoms. The SMILES string of the molecule is NCCc1cccc(-c2nc3[nH]c(=O)[nH]c(=O)c3[nH]2)c1. The fraction of sp³-hybridized carbons (Fsp3) is 0.154. The van der Waals surface area contributed by atoms with Gasteiger partial charge in [-0.15, -0.1) is 0 Å². The number of hydrogen-bond acceptors (Lipinski definition) is 4. The molecule has 0 radical (unpaired) electrons. The van der Waals surface area contributed by atoms with Gasteiger partial charge in [0.15, 0.2) is 5.65 Å². The molecule has 0 amide bonds. The summed E-state index contributed by atoms with van der Waals surface area (Å²) in [5.41, 5.74) is 6.91. The number of imidazole rings is 1. The monoisotopic (exact) mass is 271 g/mol. The van der Waals surface area contributed by atoms with Crippen LogP contribution < -0.4 is 17.0 Å². The lowest BCUT2D eigenvalue weighted by molar-refractivity contribution is 0.969. The smallest absolute Gasteiger partial charge is 0.327 e. The largest absolute Gasteiger partial charge is 0.332 e. The van der Waals surface area contributed by atoms with Gasteiger partial charge in [0.1, 0.15) is 11.3 Å². The molecule has 0 unspecified atom stereocenters. The molecule has 0 aliphatic carbocycles. The Kier molecular flexibility index (Phi) is 2.96. The van der Waals surface area contributed by atoms with Crippen molar-refractivity contribution >= 4 is 11.2 Å². The molecule has 5 N–H and O–H groups in total. The fourth-order valence-electron chi connectivity index (χ4n) is 2.11. The van der Waals surface area contributed by atoms with Crippen LogP contribution in [-0.4, -0.2) is 26.5 Å². The molecule has 2 aromatic heterocycles. The molecule has 1 aromatic carbocycles. The number of fused-ring (bicyclic) bond motifs is 1. The van der Waals surface area contributed by atoms with Gasteiger partial charge in [-0.1, -0.05) is 18.2 Å². The first-order chi connectivity index (χ1) is 9.67. The zero-order valence-electron chi connectivity index (χ0n) is 10.6. The second-order valence-electron chi connectivity index (χ2n) is 4.46. The van der Waals surface area contributed by atoms with Crippen LogP contribution in [0.5, 0.6) is 0 Å². The molecule has 0 aliphatic rings. The van der Waals surface area contributed by atoms with E-state index in [1.807, 2.05) is 24.3 Å². The topological polar surface area (TPSA) is 120 Å². The lowest BCUT2D eigenvalue weighted by Gasteiger charge is -2.01. The Balaban J connectivity index is 2.15. The summed E-state index contributed by atoms with van der Waals surface area (Å²) < 4.78 is 0. The maximum atomic E-state index is 11.7. The molecule has 0 fully saturated rings. The van der Waals surface area contributed by atoms with E-state index in [2.05, 4.69) is 19.9 Å². The highest BCUT2D eigenvalue weighted by atomic mass is 16.2. The van der Waals surface area contributed by atoms with Crippen LogP contribution in [0.2, 0.25) is 0 Å². The second kappa shape index (κ2) is 4.78. The third-order valence-corrected chi connectivity index (χ3v) is 3.02. The summed E-state index contributed by atoms with van der Waals surface area (Å²) in [6.07, 6.45) is 0.769. The molecule has 0 saturated carbocycles. The minimum Gasteiger partial charge on any atom is -0.332 e. The van der Waals surface area contributed by atoms with Crippen LogP contribution in [-0.2, 0) is 6.42 Å². The summed E-state index contributed by atoms with van der Waals surface area (Å²) in [7, 11) is 0. The molecule has 0 saturated heterocycles. The van der Waals surface area contributed by atoms with Gasteiger partial charge < -0.3 is 10.7 Å². The predicted molar refractivity (Wildman–Crippen MR) is 75.5 cm³/mol. The van der Waals surface area contributed by atoms with Crippen molar-refractivity contribution in [2.45, 2.75) is 6.42 Å². The first-order valence-corrected chi connectivity index (χ1v) is 6.19. The molecule has 3 aromatic rings. The number of nitrogens with zero attached hydrogens (tertiary/aromatic N) is 1. The molecule has 102 valence electrons. The zero-order valence-corrected chi connectivity index (χ0v) is 10.6. The summed E-state index contributed by atoms with van der Waals surface area (Å²) in [6, 6.07) is 7.72. The fourth-order valence-corrected chi connectivity index (χ4v) is 2.11. The van der Waals surface area contributed by atoms with Crippen LogP contribution in [0.1, 0.15) is 5.56 Å². The van der Waals surface area contributed by atoms with Crippen molar-refractivity contribution in [1.29, 1.82) is 0 Å². The van der Waals surface area contributed by atoms with Crippen LogP contribution in [0.3, 0.4) is 0 Å². The number of aromatic amines is 3. The van der Waals surface area contributed by atoms with E-state index < -0.39 is 11.2 Å². The maximum Gasteiger partial charge on any atom is 0.327 e. The van der Waals surface area contributed by atoms with Crippen LogP contribution in [0.15, 0.2) is 33.9 Å². The van der Waals surface area contributed by atoms with Gasteiger partial charge in [-0.2, -0.15) is 0 Å². The third-order valence-electron chi connectivity index (χ3n) is 3.02. The number of nitrogens with two attached hydrogens (primary N) is 1. The first kappa shape index (κ1) is 12.4. The molecule has 20 heavy (non-hydrogen) atoms. The van der Waals surface area contributed by atoms with E-state index in [0.29, 0.717) is 12.4 Å². The Labute approximate surface area is 112 Å². The minimum atomic E-state index is -0.572. The lowest BCUT2D eigenvalue weighted by atomic mass is 10.1. The molecule has 0 spiro atoms. The average Bonchev–Trinajstić information content (AvgIpc) is 2.83. The van der Waals surface area contributed by atoms with Crippen molar-refractivity contribution in [1.82, 2.24) is 19.9 Å². The van der Waals surface area contributed by atoms with Crippen molar-refractivity contribution in [3.05, 3.63) is 50.7 Å². The third kappa shape index (κ3) is 2.14. The summed E-state index contributed by atoms with van der Waals surface area (Å²) in [4.78, 5) is 34.7. The minimum absolute atomic E-state index is 0.248. The predicted octanol–water partition coefficient (Wildman–Crippen LogP) is 0.108. The highest BCUT2D eigenvalue weighted by molar-refractivity contribution is 5.74. The zero-order chi connectivity index (χ0) is 14.1. The standard InChI is InChI=1S/C13H13N5O2/c14-5-4-7-2-1-3-8(6-7)10-15-9-11(16-10)17-13(20)18-12(9)19/h1-3,6H,4-5,14H2,(H3,15,16,17,18,19,20). The number of benzene rings is 1. The van der Waals surface area contributed by atoms with E-state index in [4.69, 9.17) is 5.73 Å². The van der Waals surface area contributed by atoms with Gasteiger partial charge >= 0.3 is 5.69 Å². The second-order valence-corrected chi connectivity index (χ2v) is 4.46. The number of rotatable bonds is 3. The van der Waals surface area contributed by atoms with Gasteiger partial charge in [-0.25, -0.2) is 9.78 Å². The summed E-state index contributed by atoms with van der Waals surface area (Å²) in [5.74, 6) is 0.534. The molecular formula is C13H13N5O2. The Morgan fingerprint density at radius 3 is 2.80 bits per heavy atom. The van der Waals surface area contributed by atoms with Crippen LogP contribution >= 0.6 is 0 Å². The number of aromatic nitrogens is 4. The van der Waals surface area contributed by atoms with Gasteiger partial charge in [0.25, 0.3) is 5.56 Å². The van der Waals surface area contributed by atoms with E-state index in [1.54, 1.807) is 0 Å². The van der Waals surface area contributed by atoms with Gasteiger partial charge in [0.2, 0.25) is 0 Å². The quantitative estimate of drug-likeness (QED) is 0.540. The Morgan fingerprint density at radius 1 is 1.15 bits per heavy atom. The molecule has 0 atom stereocenters. The van der Waals surface area contributed by atoms with Crippen molar-refractivity contribution in [3.8, 4) is 11.4 Å². The molecule has 7 nitrogen and oxygen atoms in total. The molecule has 3 rings (SSSR count). The van der Waals surface area contributed by atoms with E-state index in [-0.39, 0.29) is 11.2 Å². The average molecular weight is 271 g/mol. The van der Waals surface area contributed by atoms with Crippen molar-refractivity contribution in [2.24, 2.45) is 5.73 Å². The lowest BCUT2D eigenvalue weighted by Crippen LogP contribution is -2.21. The van der Waals surface area contributed by atoms with Gasteiger partial charge in [0.05, 0.1) is 0 Å². The Hall–Kier alpha value is -2.67. The van der Waals surface area contributed by atoms with Crippen molar-refractivity contribution in [2.75, 3.05) is 6.54 Å². The van der Waals surface area contributed by atoms with E-state index >= 15 is 0 Å². The van der Waals surface area contributed by atoms with Crippen LogP contribution in [0.25, 0.3) is 22.6 Å². The first-order valence-electron chi connectivity index (χ1n) is 6.19. The number of nitrogens with one attached hydrogen (secondary N) is 3. The summed E-state index contributed by atoms with van der Waals surface area (Å²) in [5, 5.41) is 0. The molecule has 0 aliphatic heterocycles. The highest BCUT2D eigenvalue weighted by Crippen LogP contribution is 2.18. The normalized spacial score (nSPS) is 11.1. The van der Waals surface area contributed by atoms with Gasteiger partial charge in [-0.3, -0.25) is 14.8 Å². The number of H-pyrrole nitrogens is 3. The van der Waals surface area contributed by atoms with Crippen LogP contribution in [0, 0.1) is 0 Å². The molecule has 2 heterocycles. The summed E-state index contributed by atoms with van der Waals surface area (Å²) in [6.45, 7) is 0.566. The Morgan fingerprint density at radius 2 is 2.00 bits per heavy atom. The number of hydrogen-bond donors (Lipinski definition) is 4. The van der Waals surface area contributed by atoms with Crippen LogP contribution in [0.4, 0.5) is 0 Å².